The lowest BCUT2D eigenvalue weighted by atomic mass is 9.91. The Balaban J connectivity index is 0.00000245. The Morgan fingerprint density at radius 2 is 1.78 bits per heavy atom. The number of hydrogen-bond acceptors (Lipinski definition) is 4. The average molecular weight is 471 g/mol. The zero-order chi connectivity index (χ0) is 21.5. The van der Waals surface area contributed by atoms with Crippen molar-refractivity contribution in [2.45, 2.75) is 42.9 Å². The minimum absolute atomic E-state index is 0. The van der Waals surface area contributed by atoms with Crippen molar-refractivity contribution in [3.8, 4) is 0 Å². The molecule has 0 spiro atoms. The number of amides is 1. The molecule has 1 saturated heterocycles. The Morgan fingerprint density at radius 3 is 2.47 bits per heavy atom. The number of rotatable bonds is 6. The van der Waals surface area contributed by atoms with Crippen LogP contribution in [-0.4, -0.2) is 38.9 Å². The predicted molar refractivity (Wildman–Crippen MR) is 132 cm³/mol. The third-order valence-electron chi connectivity index (χ3n) is 6.84. The number of benzene rings is 2. The van der Waals surface area contributed by atoms with Crippen LogP contribution < -0.4 is 5.32 Å². The largest absolute Gasteiger partial charge is 0.347 e. The Morgan fingerprint density at radius 1 is 1.06 bits per heavy atom. The highest BCUT2D eigenvalue weighted by Gasteiger charge is 2.52. The van der Waals surface area contributed by atoms with E-state index >= 15 is 0 Å². The monoisotopic (exact) mass is 470 g/mol. The van der Waals surface area contributed by atoms with E-state index in [1.165, 1.54) is 18.2 Å². The molecule has 0 radical (unpaired) electrons. The molecule has 1 aliphatic carbocycles. The molecule has 3 aliphatic rings. The van der Waals surface area contributed by atoms with Gasteiger partial charge < -0.3 is 10.2 Å². The highest BCUT2D eigenvalue weighted by molar-refractivity contribution is 7.93. The zero-order valence-electron chi connectivity index (χ0n) is 18.1. The van der Waals surface area contributed by atoms with Crippen LogP contribution in [0.15, 0.2) is 53.9 Å². The van der Waals surface area contributed by atoms with E-state index in [-0.39, 0.29) is 31.2 Å². The lowest BCUT2D eigenvalue weighted by Crippen LogP contribution is -2.42. The summed E-state index contributed by atoms with van der Waals surface area (Å²) < 4.78 is 23.7. The molecule has 2 fully saturated rings. The summed E-state index contributed by atoms with van der Waals surface area (Å²) in [6.45, 7) is 3.01. The fourth-order valence-corrected chi connectivity index (χ4v) is 5.98. The summed E-state index contributed by atoms with van der Waals surface area (Å²) in [6.07, 6.45) is 5.75. The summed E-state index contributed by atoms with van der Waals surface area (Å²) >= 11 is 0. The van der Waals surface area contributed by atoms with Crippen molar-refractivity contribution >= 4 is 35.3 Å². The highest BCUT2D eigenvalue weighted by atomic mass is 32.2. The van der Waals surface area contributed by atoms with Crippen molar-refractivity contribution in [1.82, 2.24) is 10.2 Å². The Hall–Kier alpha value is -2.09. The summed E-state index contributed by atoms with van der Waals surface area (Å²) in [4.78, 5) is 15.9. The molecule has 0 bridgehead atoms. The summed E-state index contributed by atoms with van der Waals surface area (Å²) in [5.74, 6) is 0.109. The van der Waals surface area contributed by atoms with Gasteiger partial charge in [0.25, 0.3) is 0 Å². The molecule has 2 aromatic rings. The van der Waals surface area contributed by atoms with Crippen molar-refractivity contribution in [3.63, 3.8) is 0 Å². The Labute approximate surface area is 197 Å². The van der Waals surface area contributed by atoms with Gasteiger partial charge in [-0.1, -0.05) is 48.5 Å². The molecular formula is C25H30N2O3S2. The molecule has 0 unspecified atom stereocenters. The van der Waals surface area contributed by atoms with Crippen LogP contribution >= 0.6 is 13.5 Å². The first-order chi connectivity index (χ1) is 15.0. The lowest BCUT2D eigenvalue weighted by molar-refractivity contribution is -0.124. The number of carbonyl (C=O) groups excluding carboxylic acids is 1. The minimum Gasteiger partial charge on any atom is -0.347 e. The normalized spacial score (nSPS) is 21.2. The van der Waals surface area contributed by atoms with E-state index in [9.17, 15) is 13.2 Å². The molecule has 32 heavy (non-hydrogen) atoms. The van der Waals surface area contributed by atoms with Crippen LogP contribution in [0, 0.1) is 0 Å². The summed E-state index contributed by atoms with van der Waals surface area (Å²) in [7, 11) is -3.17. The van der Waals surface area contributed by atoms with Gasteiger partial charge in [-0.3, -0.25) is 4.79 Å². The number of carbonyl (C=O) groups is 1. The number of fused-ring (bicyclic) bond motifs is 1. The SMILES string of the molecule is O=C(N[C@H](CN1CCCC1)c1ccccc1)C1(c2ccc3c(c2)C=CS(=O)(=O)C3)CC1.S. The molecule has 2 aromatic carbocycles. The Kier molecular flexibility index (Phi) is 6.52. The quantitative estimate of drug-likeness (QED) is 0.699. The summed E-state index contributed by atoms with van der Waals surface area (Å²) in [5.41, 5.74) is 3.33. The summed E-state index contributed by atoms with van der Waals surface area (Å²) in [5, 5.41) is 4.64. The first-order valence-corrected chi connectivity index (χ1v) is 12.8. The Bertz CT molecular complexity index is 1120. The van der Waals surface area contributed by atoms with Gasteiger partial charge in [0.05, 0.1) is 17.2 Å². The number of hydrogen-bond donors (Lipinski definition) is 1. The van der Waals surface area contributed by atoms with Crippen molar-refractivity contribution < 1.29 is 13.2 Å². The average Bonchev–Trinajstić information content (AvgIpc) is 3.43. The predicted octanol–water partition coefficient (Wildman–Crippen LogP) is 3.68. The van der Waals surface area contributed by atoms with Gasteiger partial charge in [-0.15, -0.1) is 0 Å². The van der Waals surface area contributed by atoms with Gasteiger partial charge >= 0.3 is 0 Å². The molecule has 1 N–H and O–H groups in total. The van der Waals surface area contributed by atoms with Crippen molar-refractivity contribution in [2.75, 3.05) is 19.6 Å². The van der Waals surface area contributed by atoms with Gasteiger partial charge in [0.2, 0.25) is 5.91 Å². The third-order valence-corrected chi connectivity index (χ3v) is 8.11. The summed E-state index contributed by atoms with van der Waals surface area (Å²) in [6, 6.07) is 16.0. The van der Waals surface area contributed by atoms with E-state index in [0.717, 1.165) is 54.7 Å². The second-order valence-corrected chi connectivity index (χ2v) is 10.9. The smallest absolute Gasteiger partial charge is 0.231 e. The lowest BCUT2D eigenvalue weighted by Gasteiger charge is -2.27. The maximum Gasteiger partial charge on any atom is 0.231 e. The maximum absolute atomic E-state index is 13.5. The molecule has 5 rings (SSSR count). The number of sulfone groups is 1. The van der Waals surface area contributed by atoms with Crippen LogP contribution in [0.1, 0.15) is 54.0 Å². The standard InChI is InChI=1S/C25H28N2O3S.H2S/c28-24(26-23(17-27-13-4-5-14-27)19-6-2-1-3-7-19)25(11-12-25)22-9-8-21-18-31(29,30)15-10-20(21)16-22;/h1-3,6-10,15-16,23H,4-5,11-14,17-18H2,(H,26,28);1H2/t23-;/m1./s1. The first kappa shape index (κ1) is 23.1. The second kappa shape index (κ2) is 9.04. The van der Waals surface area contributed by atoms with Crippen molar-refractivity contribution in [1.29, 1.82) is 0 Å². The van der Waals surface area contributed by atoms with Gasteiger partial charge in [-0.2, -0.15) is 13.5 Å². The van der Waals surface area contributed by atoms with Crippen molar-refractivity contribution in [3.05, 3.63) is 76.2 Å². The van der Waals surface area contributed by atoms with Crippen LogP contribution in [0.4, 0.5) is 0 Å². The molecule has 2 aliphatic heterocycles. The number of likely N-dealkylation sites (tertiary alicyclic amines) is 1. The maximum atomic E-state index is 13.5. The van der Waals surface area contributed by atoms with Crippen molar-refractivity contribution in [2.24, 2.45) is 0 Å². The molecule has 5 nitrogen and oxygen atoms in total. The van der Waals surface area contributed by atoms with E-state index in [4.69, 9.17) is 0 Å². The van der Waals surface area contributed by atoms with Crippen LogP contribution in [0.3, 0.4) is 0 Å². The van der Waals surface area contributed by atoms with Crippen LogP contribution in [0.5, 0.6) is 0 Å². The van der Waals surface area contributed by atoms with Gasteiger partial charge in [0.15, 0.2) is 9.84 Å². The highest BCUT2D eigenvalue weighted by Crippen LogP contribution is 2.49. The zero-order valence-corrected chi connectivity index (χ0v) is 19.9. The van der Waals surface area contributed by atoms with Crippen LogP contribution in [0.2, 0.25) is 0 Å². The van der Waals surface area contributed by atoms with Gasteiger partial charge in [-0.05, 0) is 67.1 Å². The van der Waals surface area contributed by atoms with E-state index in [1.54, 1.807) is 6.08 Å². The third kappa shape index (κ3) is 4.65. The van der Waals surface area contributed by atoms with Gasteiger partial charge in [0.1, 0.15) is 0 Å². The minimum atomic E-state index is -3.17. The van der Waals surface area contributed by atoms with Gasteiger partial charge in [0, 0.05) is 12.0 Å². The molecule has 170 valence electrons. The van der Waals surface area contributed by atoms with Crippen LogP contribution in [-0.2, 0) is 25.8 Å². The van der Waals surface area contributed by atoms with Gasteiger partial charge in [-0.25, -0.2) is 8.42 Å². The fraction of sp³-hybridized carbons (Fsp3) is 0.400. The molecule has 1 saturated carbocycles. The molecule has 0 aromatic heterocycles. The molecule has 2 heterocycles. The number of nitrogens with zero attached hydrogens (tertiary/aromatic N) is 1. The van der Waals surface area contributed by atoms with E-state index in [2.05, 4.69) is 22.3 Å². The first-order valence-electron chi connectivity index (χ1n) is 11.1. The van der Waals surface area contributed by atoms with E-state index in [1.807, 2.05) is 36.4 Å². The molecule has 1 amide bonds. The second-order valence-electron chi connectivity index (χ2n) is 9.05. The van der Waals surface area contributed by atoms with Crippen LogP contribution in [0.25, 0.3) is 6.08 Å². The topological polar surface area (TPSA) is 66.5 Å². The fourth-order valence-electron chi connectivity index (χ4n) is 4.83. The molecular weight excluding hydrogens is 440 g/mol. The van der Waals surface area contributed by atoms with E-state index < -0.39 is 15.3 Å². The molecule has 1 atom stereocenters. The number of nitrogens with one attached hydrogen (secondary N) is 1. The molecule has 7 heteroatoms. The van der Waals surface area contributed by atoms with E-state index in [0.29, 0.717) is 0 Å².